The molecule has 1 aliphatic carbocycles. The lowest BCUT2D eigenvalue weighted by molar-refractivity contribution is -0.123. The molecule has 0 radical (unpaired) electrons. The number of carbonyl (C=O) groups excluding carboxylic acids is 1. The maximum Gasteiger partial charge on any atom is 0.137 e. The van der Waals surface area contributed by atoms with Gasteiger partial charge >= 0.3 is 0 Å². The predicted molar refractivity (Wildman–Crippen MR) is 72.5 cm³/mol. The molecule has 2 heterocycles. The quantitative estimate of drug-likeness (QED) is 0.841. The fraction of sp³-hybridized carbons (Fsp3) is 0.714. The molecule has 0 spiro atoms. The molecular formula is C14H20N2OS. The van der Waals surface area contributed by atoms with Crippen molar-refractivity contribution in [3.8, 4) is 0 Å². The fourth-order valence-corrected chi connectivity index (χ4v) is 4.06. The lowest BCUT2D eigenvalue weighted by Gasteiger charge is -2.38. The Morgan fingerprint density at radius 2 is 2.28 bits per heavy atom. The number of nitrogens with zero attached hydrogens (tertiary/aromatic N) is 2. The van der Waals surface area contributed by atoms with Crippen molar-refractivity contribution in [1.82, 2.24) is 9.88 Å². The largest absolute Gasteiger partial charge is 0.299 e. The Hall–Kier alpha value is -0.740. The lowest BCUT2D eigenvalue weighted by atomic mass is 9.88. The summed E-state index contributed by atoms with van der Waals surface area (Å²) in [5, 5.41) is 3.22. The van der Waals surface area contributed by atoms with E-state index >= 15 is 0 Å². The zero-order valence-electron chi connectivity index (χ0n) is 10.7. The van der Waals surface area contributed by atoms with Crippen molar-refractivity contribution in [1.29, 1.82) is 0 Å². The topological polar surface area (TPSA) is 33.2 Å². The molecular weight excluding hydrogens is 244 g/mol. The molecule has 2 atom stereocenters. The van der Waals surface area contributed by atoms with E-state index in [1.165, 1.54) is 24.3 Å². The third-order valence-corrected chi connectivity index (χ3v) is 5.07. The van der Waals surface area contributed by atoms with Crippen molar-refractivity contribution in [3.63, 3.8) is 0 Å². The normalized spacial score (nSPS) is 29.9. The summed E-state index contributed by atoms with van der Waals surface area (Å²) >= 11 is 1.72. The van der Waals surface area contributed by atoms with Crippen LogP contribution in [-0.2, 0) is 11.3 Å². The van der Waals surface area contributed by atoms with Crippen LogP contribution >= 0.6 is 11.3 Å². The molecule has 0 N–H and O–H groups in total. The third kappa shape index (κ3) is 2.50. The summed E-state index contributed by atoms with van der Waals surface area (Å²) < 4.78 is 0. The zero-order chi connectivity index (χ0) is 12.4. The van der Waals surface area contributed by atoms with E-state index in [1.807, 2.05) is 11.6 Å². The van der Waals surface area contributed by atoms with Gasteiger partial charge in [-0.05, 0) is 32.2 Å². The summed E-state index contributed by atoms with van der Waals surface area (Å²) in [6, 6.07) is 0.484. The van der Waals surface area contributed by atoms with Gasteiger partial charge in [-0.3, -0.25) is 9.69 Å². The van der Waals surface area contributed by atoms with Gasteiger partial charge in [0.15, 0.2) is 0 Å². The highest BCUT2D eigenvalue weighted by Gasteiger charge is 2.36. The summed E-state index contributed by atoms with van der Waals surface area (Å²) in [5.74, 6) is 0.816. The molecule has 4 heteroatoms. The van der Waals surface area contributed by atoms with Crippen molar-refractivity contribution in [2.24, 2.45) is 5.92 Å². The van der Waals surface area contributed by atoms with Crippen LogP contribution in [0.15, 0.2) is 11.6 Å². The van der Waals surface area contributed by atoms with E-state index in [4.69, 9.17) is 0 Å². The standard InChI is InChI=1S/C14H20N2OS/c17-13-6-3-4-11(13)12-5-1-2-8-16(12)10-14-15-7-9-18-14/h7,9,11-12H,1-6,8,10H2. The Morgan fingerprint density at radius 1 is 1.33 bits per heavy atom. The molecule has 3 rings (SSSR count). The van der Waals surface area contributed by atoms with Crippen LogP contribution in [-0.4, -0.2) is 28.3 Å². The van der Waals surface area contributed by atoms with E-state index in [9.17, 15) is 4.79 Å². The first-order valence-corrected chi connectivity index (χ1v) is 7.88. The Kier molecular flexibility index (Phi) is 3.75. The number of ketones is 1. The van der Waals surface area contributed by atoms with Gasteiger partial charge in [-0.15, -0.1) is 11.3 Å². The zero-order valence-corrected chi connectivity index (χ0v) is 11.5. The van der Waals surface area contributed by atoms with Gasteiger partial charge in [-0.2, -0.15) is 0 Å². The van der Waals surface area contributed by atoms with Crippen LogP contribution in [0.25, 0.3) is 0 Å². The number of rotatable bonds is 3. The van der Waals surface area contributed by atoms with Gasteiger partial charge in [0.25, 0.3) is 0 Å². The minimum Gasteiger partial charge on any atom is -0.299 e. The molecule has 0 amide bonds. The number of likely N-dealkylation sites (tertiary alicyclic amines) is 1. The van der Waals surface area contributed by atoms with E-state index in [-0.39, 0.29) is 0 Å². The second kappa shape index (κ2) is 5.49. The summed E-state index contributed by atoms with van der Waals surface area (Å²) in [4.78, 5) is 18.9. The molecule has 1 saturated carbocycles. The average Bonchev–Trinajstić information content (AvgIpc) is 3.02. The molecule has 2 fully saturated rings. The van der Waals surface area contributed by atoms with Crippen molar-refractivity contribution in [2.45, 2.75) is 51.1 Å². The van der Waals surface area contributed by atoms with Crippen molar-refractivity contribution in [3.05, 3.63) is 16.6 Å². The number of hydrogen-bond donors (Lipinski definition) is 0. The summed E-state index contributed by atoms with van der Waals surface area (Å²) in [6.07, 6.45) is 8.64. The van der Waals surface area contributed by atoms with Crippen LogP contribution in [0, 0.1) is 5.92 Å². The van der Waals surface area contributed by atoms with Gasteiger partial charge < -0.3 is 0 Å². The Labute approximate surface area is 112 Å². The van der Waals surface area contributed by atoms with Gasteiger partial charge in [-0.25, -0.2) is 4.98 Å². The van der Waals surface area contributed by atoms with Gasteiger partial charge in [0.1, 0.15) is 10.8 Å². The van der Waals surface area contributed by atoms with E-state index in [1.54, 1.807) is 11.3 Å². The van der Waals surface area contributed by atoms with E-state index in [2.05, 4.69) is 9.88 Å². The van der Waals surface area contributed by atoms with Crippen LogP contribution in [0.5, 0.6) is 0 Å². The van der Waals surface area contributed by atoms with E-state index in [0.717, 1.165) is 32.4 Å². The minimum absolute atomic E-state index is 0.310. The first-order valence-electron chi connectivity index (χ1n) is 7.00. The van der Waals surface area contributed by atoms with Crippen LogP contribution in [0.2, 0.25) is 0 Å². The molecule has 1 aromatic heterocycles. The molecule has 1 aliphatic heterocycles. The average molecular weight is 264 g/mol. The van der Waals surface area contributed by atoms with Crippen molar-refractivity contribution >= 4 is 17.1 Å². The Bertz CT molecular complexity index is 404. The lowest BCUT2D eigenvalue weighted by Crippen LogP contribution is -2.44. The summed E-state index contributed by atoms with van der Waals surface area (Å²) in [6.45, 7) is 2.07. The molecule has 18 heavy (non-hydrogen) atoms. The van der Waals surface area contributed by atoms with Gasteiger partial charge in [0, 0.05) is 30.0 Å². The fourth-order valence-electron chi connectivity index (χ4n) is 3.42. The first kappa shape index (κ1) is 12.3. The van der Waals surface area contributed by atoms with Gasteiger partial charge in [0.2, 0.25) is 0 Å². The summed E-state index contributed by atoms with van der Waals surface area (Å²) in [7, 11) is 0. The molecule has 0 bridgehead atoms. The van der Waals surface area contributed by atoms with Crippen LogP contribution < -0.4 is 0 Å². The van der Waals surface area contributed by atoms with Crippen molar-refractivity contribution in [2.75, 3.05) is 6.54 Å². The molecule has 2 unspecified atom stereocenters. The van der Waals surface area contributed by atoms with Crippen LogP contribution in [0.3, 0.4) is 0 Å². The summed E-state index contributed by atoms with van der Waals surface area (Å²) in [5.41, 5.74) is 0. The molecule has 98 valence electrons. The number of Topliss-reactive ketones (excluding diaryl/α,β-unsaturated/α-hetero) is 1. The number of thiazole rings is 1. The van der Waals surface area contributed by atoms with Gasteiger partial charge in [0.05, 0.1) is 6.54 Å². The SMILES string of the molecule is O=C1CCCC1C1CCCCN1Cc1nccs1. The Morgan fingerprint density at radius 3 is 3.00 bits per heavy atom. The highest BCUT2D eigenvalue weighted by atomic mass is 32.1. The molecule has 0 aromatic carbocycles. The van der Waals surface area contributed by atoms with Gasteiger partial charge in [-0.1, -0.05) is 6.42 Å². The smallest absolute Gasteiger partial charge is 0.137 e. The van der Waals surface area contributed by atoms with Crippen LogP contribution in [0.4, 0.5) is 0 Å². The maximum absolute atomic E-state index is 12.0. The first-order chi connectivity index (χ1) is 8.84. The number of piperidine rings is 1. The molecule has 1 aromatic rings. The van der Waals surface area contributed by atoms with E-state index < -0.39 is 0 Å². The number of carbonyl (C=O) groups is 1. The molecule has 3 nitrogen and oxygen atoms in total. The predicted octanol–water partition coefficient (Wildman–Crippen LogP) is 2.87. The van der Waals surface area contributed by atoms with Crippen molar-refractivity contribution < 1.29 is 4.79 Å². The third-order valence-electron chi connectivity index (χ3n) is 4.30. The highest BCUT2D eigenvalue weighted by Crippen LogP contribution is 2.33. The highest BCUT2D eigenvalue weighted by molar-refractivity contribution is 7.09. The second-order valence-electron chi connectivity index (χ2n) is 5.42. The number of aromatic nitrogens is 1. The molecule has 2 aliphatic rings. The number of hydrogen-bond acceptors (Lipinski definition) is 4. The molecule has 1 saturated heterocycles. The monoisotopic (exact) mass is 264 g/mol. The second-order valence-corrected chi connectivity index (χ2v) is 6.40. The Balaban J connectivity index is 1.71. The van der Waals surface area contributed by atoms with E-state index in [0.29, 0.717) is 17.7 Å². The maximum atomic E-state index is 12.0. The minimum atomic E-state index is 0.310. The van der Waals surface area contributed by atoms with Crippen LogP contribution in [0.1, 0.15) is 43.5 Å².